The maximum Gasteiger partial charge on any atom is 0.263 e. The number of aliphatic imine (C=N–C) groups is 1. The summed E-state index contributed by atoms with van der Waals surface area (Å²) in [5, 5.41) is 11.0. The van der Waals surface area contributed by atoms with Crippen LogP contribution in [0.5, 0.6) is 0 Å². The Labute approximate surface area is 469 Å². The minimum absolute atomic E-state index is 0.107. The van der Waals surface area contributed by atoms with Crippen molar-refractivity contribution in [1.82, 2.24) is 30.0 Å². The predicted molar refractivity (Wildman–Crippen MR) is 328 cm³/mol. The second-order valence-electron chi connectivity index (χ2n) is 21.9. The molecule has 4 unspecified atom stereocenters. The molecule has 4 aliphatic heterocycles. The minimum Gasteiger partial charge on any atom is -0.390 e. The lowest BCUT2D eigenvalue weighted by atomic mass is 9.87. The van der Waals surface area contributed by atoms with E-state index in [4.69, 9.17) is 9.98 Å². The molecule has 5 aromatic rings. The SMILES string of the molecule is C=CCCC(C(=C)NC)n1c(=C)c2cc(F)c(N3CCN(C(=C)CN4CCC(CCCCc5cccc(-c6ccc(N7CCc8cccc(C(=C)NC9=NC%10C=CC=CC%10S9)c8C7)nc6C=C)c5C)C(F)(F)C4)CC3)cc2c1=C. The van der Waals surface area contributed by atoms with Crippen LogP contribution in [-0.2, 0) is 19.4 Å². The number of aryl methyl sites for hydroxylation is 1. The number of likely N-dealkylation sites (tertiary alicyclic amines) is 1. The molecule has 10 rings (SSSR count). The number of aromatic nitrogens is 2. The predicted octanol–water partition coefficient (Wildman–Crippen LogP) is 11.9. The first kappa shape index (κ1) is 55.4. The van der Waals surface area contributed by atoms with E-state index in [2.05, 4.69) is 156 Å². The molecule has 0 bridgehead atoms. The van der Waals surface area contributed by atoms with E-state index in [1.807, 2.05) is 30.2 Å². The van der Waals surface area contributed by atoms with Crippen LogP contribution in [0, 0.1) is 18.7 Å². The van der Waals surface area contributed by atoms with E-state index in [1.54, 1.807) is 17.8 Å². The maximum absolute atomic E-state index is 15.9. The zero-order valence-electron chi connectivity index (χ0n) is 46.2. The summed E-state index contributed by atoms with van der Waals surface area (Å²) in [4.78, 5) is 18.5. The number of rotatable bonds is 20. The molecule has 0 saturated carbocycles. The van der Waals surface area contributed by atoms with Crippen molar-refractivity contribution < 1.29 is 13.2 Å². The Morgan fingerprint density at radius 1 is 0.899 bits per heavy atom. The monoisotopic (exact) mass is 1080 g/mol. The van der Waals surface area contributed by atoms with Crippen molar-refractivity contribution in [2.45, 2.75) is 88.1 Å². The van der Waals surface area contributed by atoms with Gasteiger partial charge in [-0.2, -0.15) is 0 Å². The number of nitrogens with zero attached hydrogens (tertiary/aromatic N) is 7. The summed E-state index contributed by atoms with van der Waals surface area (Å²) in [6, 6.07) is 20.7. The number of amidine groups is 1. The van der Waals surface area contributed by atoms with Crippen LogP contribution < -0.4 is 31.1 Å². The van der Waals surface area contributed by atoms with Crippen LogP contribution in [-0.4, -0.2) is 101 Å². The molecule has 79 heavy (non-hydrogen) atoms. The van der Waals surface area contributed by atoms with Crippen LogP contribution in [0.4, 0.5) is 24.7 Å². The van der Waals surface area contributed by atoms with Gasteiger partial charge in [0.1, 0.15) is 11.6 Å². The molecule has 1 aliphatic carbocycles. The van der Waals surface area contributed by atoms with Gasteiger partial charge in [0.25, 0.3) is 5.92 Å². The first-order chi connectivity index (χ1) is 38.2. The lowest BCUT2D eigenvalue weighted by Crippen LogP contribution is -2.51. The number of piperidine rings is 1. The molecule has 2 saturated heterocycles. The van der Waals surface area contributed by atoms with E-state index in [-0.39, 0.29) is 24.4 Å². The van der Waals surface area contributed by atoms with Gasteiger partial charge in [-0.1, -0.05) is 124 Å². The molecule has 4 atom stereocenters. The van der Waals surface area contributed by atoms with Gasteiger partial charge >= 0.3 is 0 Å². The van der Waals surface area contributed by atoms with E-state index < -0.39 is 11.8 Å². The molecule has 3 aromatic carbocycles. The zero-order valence-corrected chi connectivity index (χ0v) is 47.0. The van der Waals surface area contributed by atoms with E-state index in [1.165, 1.54) is 22.3 Å². The second-order valence-corrected chi connectivity index (χ2v) is 23.1. The molecule has 412 valence electrons. The van der Waals surface area contributed by atoms with Gasteiger partial charge in [-0.3, -0.25) is 9.89 Å². The Balaban J connectivity index is 0.699. The summed E-state index contributed by atoms with van der Waals surface area (Å²) in [7, 11) is 1.85. The van der Waals surface area contributed by atoms with Crippen LogP contribution in [0.2, 0.25) is 0 Å². The summed E-state index contributed by atoms with van der Waals surface area (Å²) in [5.41, 5.74) is 12.1. The number of unbranched alkanes of at least 4 members (excludes halogenated alkanes) is 1. The lowest BCUT2D eigenvalue weighted by molar-refractivity contribution is -0.112. The number of likely N-dealkylation sites (N-methyl/N-ethyl adjacent to an activating group) is 1. The molecule has 0 radical (unpaired) electrons. The molecule has 0 amide bonds. The van der Waals surface area contributed by atoms with Crippen molar-refractivity contribution in [3.8, 4) is 11.1 Å². The topological polar surface area (TPSA) is 67.2 Å². The number of hydrogen-bond acceptors (Lipinski definition) is 9. The second kappa shape index (κ2) is 23.8. The smallest absolute Gasteiger partial charge is 0.263 e. The van der Waals surface area contributed by atoms with E-state index in [0.29, 0.717) is 74.9 Å². The number of benzene rings is 3. The van der Waals surface area contributed by atoms with Crippen molar-refractivity contribution in [3.05, 3.63) is 185 Å². The molecule has 9 nitrogen and oxygen atoms in total. The molecule has 2 fully saturated rings. The number of piperazine rings is 1. The van der Waals surface area contributed by atoms with E-state index in [0.717, 1.165) is 112 Å². The van der Waals surface area contributed by atoms with Gasteiger partial charge in [0.15, 0.2) is 5.17 Å². The van der Waals surface area contributed by atoms with Gasteiger partial charge in [0.05, 0.1) is 35.3 Å². The van der Waals surface area contributed by atoms with Crippen molar-refractivity contribution in [2.24, 2.45) is 10.9 Å². The van der Waals surface area contributed by atoms with Crippen LogP contribution >= 0.6 is 11.8 Å². The number of pyridine rings is 1. The molecular formula is C66H76F3N9S. The number of alkyl halides is 2. The van der Waals surface area contributed by atoms with Crippen molar-refractivity contribution >= 4 is 64.1 Å². The van der Waals surface area contributed by atoms with Gasteiger partial charge in [-0.05, 0) is 117 Å². The third kappa shape index (κ3) is 11.6. The van der Waals surface area contributed by atoms with Crippen LogP contribution in [0.25, 0.3) is 46.8 Å². The van der Waals surface area contributed by atoms with Crippen molar-refractivity contribution in [1.29, 1.82) is 0 Å². The number of halogens is 3. The average Bonchev–Trinajstić information content (AvgIpc) is 4.22. The van der Waals surface area contributed by atoms with Crippen LogP contribution in [0.1, 0.15) is 78.1 Å². The third-order valence-electron chi connectivity index (χ3n) is 17.1. The number of thioether (sulfide) groups is 1. The average molecular weight is 1080 g/mol. The van der Waals surface area contributed by atoms with Gasteiger partial charge < -0.3 is 29.9 Å². The van der Waals surface area contributed by atoms with Crippen LogP contribution in [0.3, 0.4) is 0 Å². The van der Waals surface area contributed by atoms with E-state index >= 15 is 13.2 Å². The first-order valence-electron chi connectivity index (χ1n) is 28.1. The fourth-order valence-electron chi connectivity index (χ4n) is 12.5. The van der Waals surface area contributed by atoms with Gasteiger partial charge in [0, 0.05) is 108 Å². The number of hydrogen-bond donors (Lipinski definition) is 2. The van der Waals surface area contributed by atoms with Gasteiger partial charge in [-0.15, -0.1) is 6.58 Å². The largest absolute Gasteiger partial charge is 0.390 e. The van der Waals surface area contributed by atoms with Crippen molar-refractivity contribution in [2.75, 3.05) is 69.2 Å². The molecule has 5 aliphatic rings. The highest BCUT2D eigenvalue weighted by Gasteiger charge is 2.44. The summed E-state index contributed by atoms with van der Waals surface area (Å²) in [5.74, 6) is -2.85. The highest BCUT2D eigenvalue weighted by atomic mass is 32.2. The Morgan fingerprint density at radius 2 is 1.67 bits per heavy atom. The fourth-order valence-corrected chi connectivity index (χ4v) is 13.6. The lowest BCUT2D eigenvalue weighted by Gasteiger charge is -2.42. The normalized spacial score (nSPS) is 20.1. The Bertz CT molecular complexity index is 3380. The quantitative estimate of drug-likeness (QED) is 0.0590. The molecule has 2 aromatic heterocycles. The fraction of sp³-hybridized carbons (Fsp3) is 0.364. The van der Waals surface area contributed by atoms with E-state index in [9.17, 15) is 0 Å². The first-order valence-corrected chi connectivity index (χ1v) is 28.9. The number of allylic oxidation sites excluding steroid dienone is 4. The zero-order chi connectivity index (χ0) is 55.5. The number of anilines is 2. The Morgan fingerprint density at radius 3 is 2.42 bits per heavy atom. The van der Waals surface area contributed by atoms with Gasteiger partial charge in [-0.25, -0.2) is 18.2 Å². The summed E-state index contributed by atoms with van der Waals surface area (Å²) in [6.45, 7) is 36.7. The molecule has 6 heterocycles. The molecule has 13 heteroatoms. The Kier molecular flexibility index (Phi) is 16.7. The van der Waals surface area contributed by atoms with Crippen LogP contribution in [0.15, 0.2) is 140 Å². The Hall–Kier alpha value is -6.96. The number of nitrogens with one attached hydrogen (secondary N) is 2. The van der Waals surface area contributed by atoms with Crippen molar-refractivity contribution in [3.63, 3.8) is 0 Å². The highest BCUT2D eigenvalue weighted by molar-refractivity contribution is 8.14. The third-order valence-corrected chi connectivity index (χ3v) is 18.2. The molecule has 2 N–H and O–H groups in total. The summed E-state index contributed by atoms with van der Waals surface area (Å²) >= 11 is 1.74. The maximum atomic E-state index is 15.9. The number of fused-ring (bicyclic) bond motifs is 3. The summed E-state index contributed by atoms with van der Waals surface area (Å²) in [6.07, 6.45) is 18.0. The van der Waals surface area contributed by atoms with Gasteiger partial charge in [0.2, 0.25) is 0 Å². The molecule has 0 spiro atoms. The highest BCUT2D eigenvalue weighted by Crippen LogP contribution is 2.39. The minimum atomic E-state index is -2.79. The summed E-state index contributed by atoms with van der Waals surface area (Å²) < 4.78 is 49.8. The standard InChI is InChI=1S/C66H76F3N9S/c1-10-12-26-61(46(6)70-9)78-47(7)55-38-58(67)62(39-56(55)48(78)8)76-36-34-75(35-37-76)43(3)40-74-32-31-51(66(68,69)42-74)22-14-13-19-49-20-17-23-52(44(49)4)54-28-29-64(72-59(54)11-2)77-33-30-50-21-18-24-53(57(50)41-77)45(5)71-65-73-60-25-15-16-27-63(60)79-65/h10-11,15-18,20-21,23-25,27-29,38-39,51,60-61,63,70H,1-3,5-8,12-14,19,22,26,30-37,40-42H2,4,9H3,(H,71,73). The molecular weight excluding hydrogens is 1010 g/mol.